The van der Waals surface area contributed by atoms with Crippen LogP contribution in [-0.2, 0) is 9.59 Å². The van der Waals surface area contributed by atoms with Gasteiger partial charge in [-0.2, -0.15) is 0 Å². The number of carbonyl (C=O) groups excluding carboxylic acids is 2. The van der Waals surface area contributed by atoms with Crippen molar-refractivity contribution in [1.82, 2.24) is 15.5 Å². The number of hydrogen-bond acceptors (Lipinski definition) is 3. The second-order valence-corrected chi connectivity index (χ2v) is 6.10. The fraction of sp³-hybridized carbons (Fsp3) is 0.857. The van der Waals surface area contributed by atoms with Crippen LogP contribution in [0.4, 0.5) is 0 Å². The highest BCUT2D eigenvalue weighted by molar-refractivity contribution is 6.07. The molecule has 0 aromatic heterocycles. The summed E-state index contributed by atoms with van der Waals surface area (Å²) in [6.45, 7) is 1.40. The van der Waals surface area contributed by atoms with Crippen molar-refractivity contribution in [2.45, 2.75) is 44.6 Å². The number of amides is 2. The molecule has 2 amide bonds. The van der Waals surface area contributed by atoms with Gasteiger partial charge in [0.2, 0.25) is 11.8 Å². The van der Waals surface area contributed by atoms with Gasteiger partial charge < -0.3 is 15.5 Å². The lowest BCUT2D eigenvalue weighted by Gasteiger charge is -2.19. The third-order valence-electron chi connectivity index (χ3n) is 4.15. The van der Waals surface area contributed by atoms with E-state index in [4.69, 9.17) is 0 Å². The molecule has 0 aromatic carbocycles. The fourth-order valence-corrected chi connectivity index (χ4v) is 2.64. The normalized spacial score (nSPS) is 21.4. The Morgan fingerprint density at radius 3 is 2.32 bits per heavy atom. The number of rotatable bonds is 6. The Morgan fingerprint density at radius 2 is 1.79 bits per heavy atom. The van der Waals surface area contributed by atoms with Crippen LogP contribution < -0.4 is 10.6 Å². The summed E-state index contributed by atoms with van der Waals surface area (Å²) in [4.78, 5) is 26.4. The molecule has 0 atom stereocenters. The molecule has 0 aromatic rings. The summed E-state index contributed by atoms with van der Waals surface area (Å²) in [5.41, 5.74) is -0.755. The summed E-state index contributed by atoms with van der Waals surface area (Å²) in [5.74, 6) is -0.147. The predicted octanol–water partition coefficient (Wildman–Crippen LogP) is 0.503. The molecule has 0 saturated heterocycles. The van der Waals surface area contributed by atoms with Crippen molar-refractivity contribution in [3.05, 3.63) is 0 Å². The van der Waals surface area contributed by atoms with E-state index in [1.165, 1.54) is 12.8 Å². The largest absolute Gasteiger partial charge is 0.354 e. The molecule has 19 heavy (non-hydrogen) atoms. The van der Waals surface area contributed by atoms with Crippen molar-refractivity contribution in [2.75, 3.05) is 27.2 Å². The van der Waals surface area contributed by atoms with E-state index in [9.17, 15) is 9.59 Å². The zero-order valence-electron chi connectivity index (χ0n) is 12.0. The van der Waals surface area contributed by atoms with Gasteiger partial charge in [-0.3, -0.25) is 9.59 Å². The van der Waals surface area contributed by atoms with Crippen LogP contribution >= 0.6 is 0 Å². The Hall–Kier alpha value is -1.10. The Bertz CT molecular complexity index is 345. The minimum absolute atomic E-state index is 0.0539. The van der Waals surface area contributed by atoms with Crippen molar-refractivity contribution < 1.29 is 9.59 Å². The van der Waals surface area contributed by atoms with Crippen LogP contribution in [0.2, 0.25) is 0 Å². The lowest BCUT2D eigenvalue weighted by atomic mass is 10.0. The van der Waals surface area contributed by atoms with Gasteiger partial charge in [-0.05, 0) is 39.8 Å². The molecule has 5 heteroatoms. The van der Waals surface area contributed by atoms with Gasteiger partial charge in [0.05, 0.1) is 0 Å². The fourth-order valence-electron chi connectivity index (χ4n) is 2.64. The Morgan fingerprint density at radius 1 is 1.16 bits per heavy atom. The smallest absolute Gasteiger partial charge is 0.235 e. The van der Waals surface area contributed by atoms with Gasteiger partial charge in [0.15, 0.2) is 0 Å². The molecule has 2 aliphatic carbocycles. The number of nitrogens with zero attached hydrogens (tertiary/aromatic N) is 1. The summed E-state index contributed by atoms with van der Waals surface area (Å²) >= 11 is 0. The van der Waals surface area contributed by atoms with Gasteiger partial charge in [0, 0.05) is 19.1 Å². The maximum absolute atomic E-state index is 12.2. The van der Waals surface area contributed by atoms with E-state index in [-0.39, 0.29) is 11.8 Å². The summed E-state index contributed by atoms with van der Waals surface area (Å²) < 4.78 is 0. The van der Waals surface area contributed by atoms with Crippen LogP contribution in [0.25, 0.3) is 0 Å². The molecule has 2 saturated carbocycles. The van der Waals surface area contributed by atoms with E-state index in [0.717, 1.165) is 19.4 Å². The minimum atomic E-state index is -0.755. The van der Waals surface area contributed by atoms with Crippen molar-refractivity contribution in [2.24, 2.45) is 5.41 Å². The van der Waals surface area contributed by atoms with E-state index in [1.807, 2.05) is 19.0 Å². The predicted molar refractivity (Wildman–Crippen MR) is 73.6 cm³/mol. The molecule has 2 fully saturated rings. The van der Waals surface area contributed by atoms with E-state index in [1.54, 1.807) is 0 Å². The molecule has 0 radical (unpaired) electrons. The zero-order valence-corrected chi connectivity index (χ0v) is 12.0. The molecule has 0 aliphatic heterocycles. The van der Waals surface area contributed by atoms with E-state index in [0.29, 0.717) is 25.4 Å². The van der Waals surface area contributed by atoms with Gasteiger partial charge in [-0.15, -0.1) is 0 Å². The van der Waals surface area contributed by atoms with E-state index < -0.39 is 5.41 Å². The van der Waals surface area contributed by atoms with Gasteiger partial charge in [-0.1, -0.05) is 12.8 Å². The highest BCUT2D eigenvalue weighted by Gasteiger charge is 2.56. The average molecular weight is 267 g/mol. The number of carbonyl (C=O) groups is 2. The standard InChI is InChI=1S/C14H25N3O2/c1-17(2)10-9-15-12(18)14(7-8-14)13(19)16-11-5-3-4-6-11/h11H,3-10H2,1-2H3,(H,15,18)(H,16,19). The lowest BCUT2D eigenvalue weighted by Crippen LogP contribution is -2.46. The summed E-state index contributed by atoms with van der Waals surface area (Å²) in [6.07, 6.45) is 5.88. The quantitative estimate of drug-likeness (QED) is 0.689. The van der Waals surface area contributed by atoms with Crippen LogP contribution in [0.3, 0.4) is 0 Å². The van der Waals surface area contributed by atoms with E-state index >= 15 is 0 Å². The van der Waals surface area contributed by atoms with Crippen LogP contribution in [-0.4, -0.2) is 49.9 Å². The number of hydrogen-bond donors (Lipinski definition) is 2. The van der Waals surface area contributed by atoms with Gasteiger partial charge in [0.25, 0.3) is 0 Å². The van der Waals surface area contributed by atoms with Crippen molar-refractivity contribution >= 4 is 11.8 Å². The number of likely N-dealkylation sites (N-methyl/N-ethyl adjacent to an activating group) is 1. The van der Waals surface area contributed by atoms with Gasteiger partial charge in [0.1, 0.15) is 5.41 Å². The first-order valence-corrected chi connectivity index (χ1v) is 7.28. The van der Waals surface area contributed by atoms with Crippen molar-refractivity contribution in [1.29, 1.82) is 0 Å². The molecule has 108 valence electrons. The molecule has 2 N–H and O–H groups in total. The van der Waals surface area contributed by atoms with Gasteiger partial charge in [-0.25, -0.2) is 0 Å². The molecule has 2 aliphatic rings. The highest BCUT2D eigenvalue weighted by atomic mass is 16.2. The SMILES string of the molecule is CN(C)CCNC(=O)C1(C(=O)NC2CCCC2)CC1. The van der Waals surface area contributed by atoms with Crippen LogP contribution in [0.5, 0.6) is 0 Å². The van der Waals surface area contributed by atoms with Crippen LogP contribution in [0, 0.1) is 5.41 Å². The molecule has 0 spiro atoms. The monoisotopic (exact) mass is 267 g/mol. The first-order valence-electron chi connectivity index (χ1n) is 7.28. The Labute approximate surface area is 115 Å². The first kappa shape index (κ1) is 14.3. The second kappa shape index (κ2) is 5.90. The Balaban J connectivity index is 1.80. The first-order chi connectivity index (χ1) is 9.04. The zero-order chi connectivity index (χ0) is 13.9. The third-order valence-corrected chi connectivity index (χ3v) is 4.15. The maximum atomic E-state index is 12.2. The molecule has 0 heterocycles. The Kier molecular flexibility index (Phi) is 4.45. The molecule has 2 rings (SSSR count). The highest BCUT2D eigenvalue weighted by Crippen LogP contribution is 2.46. The van der Waals surface area contributed by atoms with Gasteiger partial charge >= 0.3 is 0 Å². The molecular weight excluding hydrogens is 242 g/mol. The second-order valence-electron chi connectivity index (χ2n) is 6.10. The number of nitrogens with one attached hydrogen (secondary N) is 2. The molecule has 5 nitrogen and oxygen atoms in total. The van der Waals surface area contributed by atoms with E-state index in [2.05, 4.69) is 10.6 Å². The summed E-state index contributed by atoms with van der Waals surface area (Å²) in [6, 6.07) is 0.291. The topological polar surface area (TPSA) is 61.4 Å². The molecule has 0 unspecified atom stereocenters. The molecule has 0 bridgehead atoms. The molecular formula is C14H25N3O2. The average Bonchev–Trinajstić information content (AvgIpc) is 3.02. The summed E-state index contributed by atoms with van der Waals surface area (Å²) in [5, 5.41) is 5.93. The summed E-state index contributed by atoms with van der Waals surface area (Å²) in [7, 11) is 3.93. The minimum Gasteiger partial charge on any atom is -0.354 e. The van der Waals surface area contributed by atoms with Crippen LogP contribution in [0.1, 0.15) is 38.5 Å². The van der Waals surface area contributed by atoms with Crippen molar-refractivity contribution in [3.8, 4) is 0 Å². The van der Waals surface area contributed by atoms with Crippen LogP contribution in [0.15, 0.2) is 0 Å². The van der Waals surface area contributed by atoms with Crippen molar-refractivity contribution in [3.63, 3.8) is 0 Å². The maximum Gasteiger partial charge on any atom is 0.235 e. The lowest BCUT2D eigenvalue weighted by molar-refractivity contribution is -0.137. The third kappa shape index (κ3) is 3.47.